The number of carbonyl (C=O) groups excluding carboxylic acids is 2. The molecule has 0 amide bonds. The van der Waals surface area contributed by atoms with Crippen LogP contribution in [0.4, 0.5) is 0 Å². The molecule has 0 saturated heterocycles. The zero-order chi connectivity index (χ0) is 16.2. The minimum atomic E-state index is -0.0970. The summed E-state index contributed by atoms with van der Waals surface area (Å²) in [6.07, 6.45) is 0. The van der Waals surface area contributed by atoms with E-state index in [0.29, 0.717) is 22.3 Å². The van der Waals surface area contributed by atoms with E-state index in [4.69, 9.17) is 0 Å². The molecule has 0 unspecified atom stereocenters. The summed E-state index contributed by atoms with van der Waals surface area (Å²) in [6.45, 7) is 0. The Balaban J connectivity index is 1.92. The highest BCUT2D eigenvalue weighted by atomic mass is 79.9. The third-order valence-electron chi connectivity index (χ3n) is 3.53. The molecule has 3 rings (SSSR count). The molecule has 0 aromatic heterocycles. The van der Waals surface area contributed by atoms with E-state index >= 15 is 0 Å². The Morgan fingerprint density at radius 2 is 1.04 bits per heavy atom. The van der Waals surface area contributed by atoms with Crippen molar-refractivity contribution in [3.05, 3.63) is 106 Å². The first kappa shape index (κ1) is 15.4. The summed E-state index contributed by atoms with van der Waals surface area (Å²) < 4.78 is 0.919. The van der Waals surface area contributed by atoms with Gasteiger partial charge in [-0.3, -0.25) is 9.59 Å². The average molecular weight is 365 g/mol. The third-order valence-corrected chi connectivity index (χ3v) is 4.06. The summed E-state index contributed by atoms with van der Waals surface area (Å²) >= 11 is 3.35. The van der Waals surface area contributed by atoms with Crippen LogP contribution in [0.3, 0.4) is 0 Å². The number of hydrogen-bond donors (Lipinski definition) is 0. The van der Waals surface area contributed by atoms with Gasteiger partial charge in [-0.15, -0.1) is 0 Å². The van der Waals surface area contributed by atoms with E-state index in [0.717, 1.165) is 4.47 Å². The topological polar surface area (TPSA) is 34.1 Å². The monoisotopic (exact) mass is 364 g/mol. The van der Waals surface area contributed by atoms with Crippen LogP contribution in [0.25, 0.3) is 0 Å². The minimum absolute atomic E-state index is 0.0870. The van der Waals surface area contributed by atoms with Crippen LogP contribution < -0.4 is 0 Å². The van der Waals surface area contributed by atoms with Gasteiger partial charge in [-0.05, 0) is 30.3 Å². The molecule has 0 saturated carbocycles. The Kier molecular flexibility index (Phi) is 4.49. The fourth-order valence-electron chi connectivity index (χ4n) is 2.33. The van der Waals surface area contributed by atoms with Gasteiger partial charge in [0.1, 0.15) is 0 Å². The van der Waals surface area contributed by atoms with Crippen LogP contribution >= 0.6 is 15.9 Å². The van der Waals surface area contributed by atoms with E-state index in [2.05, 4.69) is 15.9 Å². The van der Waals surface area contributed by atoms with Crippen molar-refractivity contribution in [3.8, 4) is 0 Å². The second-order valence-electron chi connectivity index (χ2n) is 5.11. The van der Waals surface area contributed by atoms with Gasteiger partial charge >= 0.3 is 0 Å². The van der Waals surface area contributed by atoms with Gasteiger partial charge in [0.2, 0.25) is 0 Å². The molecule has 0 fully saturated rings. The van der Waals surface area contributed by atoms with Crippen molar-refractivity contribution in [2.75, 3.05) is 0 Å². The lowest BCUT2D eigenvalue weighted by atomic mass is 9.97. The molecule has 0 radical (unpaired) electrons. The smallest absolute Gasteiger partial charge is 0.193 e. The summed E-state index contributed by atoms with van der Waals surface area (Å²) in [5.41, 5.74) is 2.23. The Morgan fingerprint density at radius 1 is 0.565 bits per heavy atom. The molecule has 0 aliphatic rings. The van der Waals surface area contributed by atoms with Crippen LogP contribution in [0.15, 0.2) is 83.3 Å². The fourth-order valence-corrected chi connectivity index (χ4v) is 2.59. The second-order valence-corrected chi connectivity index (χ2v) is 6.03. The number of benzene rings is 3. The molecule has 0 N–H and O–H groups in total. The maximum Gasteiger partial charge on any atom is 0.193 e. The Labute approximate surface area is 142 Å². The predicted octanol–water partition coefficient (Wildman–Crippen LogP) is 4.91. The highest BCUT2D eigenvalue weighted by molar-refractivity contribution is 9.10. The quantitative estimate of drug-likeness (QED) is 0.616. The van der Waals surface area contributed by atoms with Crippen molar-refractivity contribution in [2.45, 2.75) is 0 Å². The molecule has 23 heavy (non-hydrogen) atoms. The number of hydrogen-bond acceptors (Lipinski definition) is 2. The van der Waals surface area contributed by atoms with Crippen molar-refractivity contribution in [1.82, 2.24) is 0 Å². The maximum absolute atomic E-state index is 12.5. The number of halogens is 1. The van der Waals surface area contributed by atoms with Gasteiger partial charge < -0.3 is 0 Å². The molecular formula is C20H13BrO2. The highest BCUT2D eigenvalue weighted by Crippen LogP contribution is 2.17. The summed E-state index contributed by atoms with van der Waals surface area (Å²) in [7, 11) is 0. The maximum atomic E-state index is 12.5. The van der Waals surface area contributed by atoms with Crippen molar-refractivity contribution in [2.24, 2.45) is 0 Å². The van der Waals surface area contributed by atoms with E-state index in [-0.39, 0.29) is 11.6 Å². The molecule has 0 heterocycles. The lowest BCUT2D eigenvalue weighted by molar-refractivity contribution is 0.103. The molecule has 3 heteroatoms. The highest BCUT2D eigenvalue weighted by Gasteiger charge is 2.13. The zero-order valence-electron chi connectivity index (χ0n) is 12.2. The average Bonchev–Trinajstić information content (AvgIpc) is 2.62. The molecule has 112 valence electrons. The zero-order valence-corrected chi connectivity index (χ0v) is 13.8. The van der Waals surface area contributed by atoms with Gasteiger partial charge in [0.25, 0.3) is 0 Å². The van der Waals surface area contributed by atoms with Crippen LogP contribution in [-0.2, 0) is 0 Å². The summed E-state index contributed by atoms with van der Waals surface area (Å²) in [5.74, 6) is -0.184. The minimum Gasteiger partial charge on any atom is -0.289 e. The number of rotatable bonds is 4. The Hall–Kier alpha value is -2.52. The largest absolute Gasteiger partial charge is 0.289 e. The van der Waals surface area contributed by atoms with E-state index in [9.17, 15) is 9.59 Å². The van der Waals surface area contributed by atoms with Crippen molar-refractivity contribution in [1.29, 1.82) is 0 Å². The first-order chi connectivity index (χ1) is 11.1. The van der Waals surface area contributed by atoms with Gasteiger partial charge in [-0.2, -0.15) is 0 Å². The van der Waals surface area contributed by atoms with Gasteiger partial charge in [0.15, 0.2) is 11.6 Å². The van der Waals surface area contributed by atoms with E-state index in [1.807, 2.05) is 30.3 Å². The summed E-state index contributed by atoms with van der Waals surface area (Å²) in [4.78, 5) is 25.0. The van der Waals surface area contributed by atoms with Crippen LogP contribution in [0.1, 0.15) is 31.8 Å². The molecule has 2 nitrogen and oxygen atoms in total. The number of carbonyl (C=O) groups is 2. The van der Waals surface area contributed by atoms with Crippen molar-refractivity contribution < 1.29 is 9.59 Å². The SMILES string of the molecule is O=C(c1ccccc1)c1cccc(C(=O)c2ccc(Br)cc2)c1. The lowest BCUT2D eigenvalue weighted by Crippen LogP contribution is -2.05. The van der Waals surface area contributed by atoms with Gasteiger partial charge in [0, 0.05) is 26.7 Å². The Morgan fingerprint density at radius 3 is 1.61 bits per heavy atom. The molecule has 0 aliphatic heterocycles. The predicted molar refractivity (Wildman–Crippen MR) is 93.9 cm³/mol. The van der Waals surface area contributed by atoms with Crippen LogP contribution in [0, 0.1) is 0 Å². The van der Waals surface area contributed by atoms with Gasteiger partial charge in [0.05, 0.1) is 0 Å². The molecular weight excluding hydrogens is 352 g/mol. The molecule has 0 aliphatic carbocycles. The van der Waals surface area contributed by atoms with Crippen molar-refractivity contribution >= 4 is 27.5 Å². The van der Waals surface area contributed by atoms with Crippen LogP contribution in [0.5, 0.6) is 0 Å². The van der Waals surface area contributed by atoms with E-state index < -0.39 is 0 Å². The lowest BCUT2D eigenvalue weighted by Gasteiger charge is -2.05. The van der Waals surface area contributed by atoms with Crippen LogP contribution in [-0.4, -0.2) is 11.6 Å². The normalized spacial score (nSPS) is 10.3. The molecule has 0 bridgehead atoms. The standard InChI is InChI=1S/C20H13BrO2/c21-18-11-9-15(10-12-18)20(23)17-8-4-7-16(13-17)19(22)14-5-2-1-3-6-14/h1-13H. The third kappa shape index (κ3) is 3.46. The Bertz CT molecular complexity index is 852. The number of ketones is 2. The molecule has 3 aromatic carbocycles. The van der Waals surface area contributed by atoms with Crippen LogP contribution in [0.2, 0.25) is 0 Å². The fraction of sp³-hybridized carbons (Fsp3) is 0. The first-order valence-corrected chi connectivity index (χ1v) is 7.94. The molecule has 0 spiro atoms. The molecule has 0 atom stereocenters. The van der Waals surface area contributed by atoms with Gasteiger partial charge in [-0.25, -0.2) is 0 Å². The second kappa shape index (κ2) is 6.71. The van der Waals surface area contributed by atoms with E-state index in [1.165, 1.54) is 0 Å². The summed E-state index contributed by atoms with van der Waals surface area (Å²) in [5, 5.41) is 0. The molecule has 3 aromatic rings. The summed E-state index contributed by atoms with van der Waals surface area (Å²) in [6, 6.07) is 23.1. The van der Waals surface area contributed by atoms with Crippen molar-refractivity contribution in [3.63, 3.8) is 0 Å². The van der Waals surface area contributed by atoms with Gasteiger partial charge in [-0.1, -0.05) is 64.5 Å². The first-order valence-electron chi connectivity index (χ1n) is 7.15. The van der Waals surface area contributed by atoms with E-state index in [1.54, 1.807) is 48.5 Å².